The smallest absolute Gasteiger partial charge is 0.233 e. The van der Waals surface area contributed by atoms with Gasteiger partial charge in [-0.25, -0.2) is 0 Å². The minimum absolute atomic E-state index is 0. The zero-order valence-electron chi connectivity index (χ0n) is 13.9. The molecule has 0 radical (unpaired) electrons. The summed E-state index contributed by atoms with van der Waals surface area (Å²) in [6.07, 6.45) is 5.21. The number of nitrogens with zero attached hydrogens (tertiary/aromatic N) is 3. The molecule has 2 bridgehead atoms. The lowest BCUT2D eigenvalue weighted by Crippen LogP contribution is -2.38. The molecule has 1 N–H and O–H groups in total. The van der Waals surface area contributed by atoms with Crippen LogP contribution in [0.25, 0.3) is 0 Å². The summed E-state index contributed by atoms with van der Waals surface area (Å²) >= 11 is 0. The van der Waals surface area contributed by atoms with Gasteiger partial charge in [-0.05, 0) is 25.2 Å². The lowest BCUT2D eigenvalue weighted by atomic mass is 9.85. The molecule has 3 rings (SSSR count). The molecule has 3 aliphatic rings. The lowest BCUT2D eigenvalue weighted by molar-refractivity contribution is -0.140. The standard InChI is InChI=1S/C16H24N4O2.HI/c1-4-17-16(19(2)3)18-7-8-20-14(21)12-10-5-6-11(9-10)13(12)15(20)22;/h5-6,10-13H,4,7-9H2,1-3H3,(H,17,18);1H. The van der Waals surface area contributed by atoms with E-state index in [-0.39, 0.29) is 59.5 Å². The Balaban J connectivity index is 0.00000192. The molecule has 4 atom stereocenters. The van der Waals surface area contributed by atoms with Crippen LogP contribution in [0.2, 0.25) is 0 Å². The predicted octanol–water partition coefficient (Wildman–Crippen LogP) is 0.939. The molecule has 23 heavy (non-hydrogen) atoms. The van der Waals surface area contributed by atoms with E-state index < -0.39 is 0 Å². The normalized spacial score (nSPS) is 31.4. The number of hydrogen-bond acceptors (Lipinski definition) is 3. The number of rotatable bonds is 4. The van der Waals surface area contributed by atoms with Crippen molar-refractivity contribution < 1.29 is 9.59 Å². The minimum atomic E-state index is -0.103. The highest BCUT2D eigenvalue weighted by Gasteiger charge is 2.58. The average Bonchev–Trinajstić information content (AvgIpc) is 3.14. The maximum absolute atomic E-state index is 12.5. The van der Waals surface area contributed by atoms with Crippen molar-refractivity contribution in [2.75, 3.05) is 33.7 Å². The summed E-state index contributed by atoms with van der Waals surface area (Å²) in [6, 6.07) is 0. The minimum Gasteiger partial charge on any atom is -0.357 e. The van der Waals surface area contributed by atoms with Gasteiger partial charge in [0, 0.05) is 27.2 Å². The molecule has 1 saturated heterocycles. The first-order valence-corrected chi connectivity index (χ1v) is 8.03. The summed E-state index contributed by atoms with van der Waals surface area (Å²) in [5.41, 5.74) is 0. The Hall–Kier alpha value is -1.12. The summed E-state index contributed by atoms with van der Waals surface area (Å²) in [6.45, 7) is 3.63. The fraction of sp³-hybridized carbons (Fsp3) is 0.688. The van der Waals surface area contributed by atoms with E-state index in [9.17, 15) is 9.59 Å². The Bertz CT molecular complexity index is 516. The lowest BCUT2D eigenvalue weighted by Gasteiger charge is -2.19. The molecule has 2 amide bonds. The Morgan fingerprint density at radius 2 is 1.83 bits per heavy atom. The van der Waals surface area contributed by atoms with E-state index in [1.165, 1.54) is 4.90 Å². The molecule has 1 heterocycles. The molecule has 128 valence electrons. The molecule has 6 nitrogen and oxygen atoms in total. The van der Waals surface area contributed by atoms with Gasteiger partial charge in [-0.3, -0.25) is 19.5 Å². The topological polar surface area (TPSA) is 65.0 Å². The molecule has 0 aromatic carbocycles. The second-order valence-corrected chi connectivity index (χ2v) is 6.46. The molecule has 2 fully saturated rings. The number of carbonyl (C=O) groups excluding carboxylic acids is 2. The van der Waals surface area contributed by atoms with Crippen LogP contribution in [0.1, 0.15) is 13.3 Å². The number of likely N-dealkylation sites (tertiary alicyclic amines) is 1. The van der Waals surface area contributed by atoms with Crippen LogP contribution in [0.15, 0.2) is 17.1 Å². The van der Waals surface area contributed by atoms with Gasteiger partial charge in [-0.1, -0.05) is 12.2 Å². The van der Waals surface area contributed by atoms with E-state index in [1.54, 1.807) is 0 Å². The van der Waals surface area contributed by atoms with Gasteiger partial charge in [0.1, 0.15) is 0 Å². The van der Waals surface area contributed by atoms with Crippen molar-refractivity contribution >= 4 is 41.8 Å². The number of nitrogens with one attached hydrogen (secondary N) is 1. The van der Waals surface area contributed by atoms with Gasteiger partial charge >= 0.3 is 0 Å². The van der Waals surface area contributed by atoms with Crippen LogP contribution >= 0.6 is 24.0 Å². The number of carbonyl (C=O) groups is 2. The van der Waals surface area contributed by atoms with E-state index in [0.29, 0.717) is 13.1 Å². The summed E-state index contributed by atoms with van der Waals surface area (Å²) in [5.74, 6) is 1.15. The number of fused-ring (bicyclic) bond motifs is 5. The van der Waals surface area contributed by atoms with Crippen molar-refractivity contribution in [2.24, 2.45) is 28.7 Å². The molecule has 0 aromatic rings. The van der Waals surface area contributed by atoms with Crippen LogP contribution in [-0.2, 0) is 9.59 Å². The molecular weight excluding hydrogens is 407 g/mol. The van der Waals surface area contributed by atoms with Crippen LogP contribution in [0.3, 0.4) is 0 Å². The van der Waals surface area contributed by atoms with Crippen LogP contribution in [-0.4, -0.2) is 61.3 Å². The molecule has 2 aliphatic carbocycles. The summed E-state index contributed by atoms with van der Waals surface area (Å²) in [4.78, 5) is 32.8. The van der Waals surface area contributed by atoms with Crippen LogP contribution < -0.4 is 5.32 Å². The maximum atomic E-state index is 12.5. The molecule has 1 aliphatic heterocycles. The highest BCUT2D eigenvalue weighted by molar-refractivity contribution is 14.0. The highest BCUT2D eigenvalue weighted by atomic mass is 127. The Labute approximate surface area is 154 Å². The van der Waals surface area contributed by atoms with Crippen molar-refractivity contribution in [2.45, 2.75) is 13.3 Å². The third kappa shape index (κ3) is 3.12. The molecule has 0 aromatic heterocycles. The molecule has 4 unspecified atom stereocenters. The zero-order valence-corrected chi connectivity index (χ0v) is 16.2. The Morgan fingerprint density at radius 3 is 2.30 bits per heavy atom. The third-order valence-electron chi connectivity index (χ3n) is 4.91. The zero-order chi connectivity index (χ0) is 15.9. The number of imide groups is 1. The van der Waals surface area contributed by atoms with Gasteiger partial charge in [0.05, 0.1) is 18.4 Å². The van der Waals surface area contributed by atoms with Crippen molar-refractivity contribution in [3.05, 3.63) is 12.2 Å². The Kier molecular flexibility index (Phi) is 5.70. The fourth-order valence-electron chi connectivity index (χ4n) is 3.95. The maximum Gasteiger partial charge on any atom is 0.233 e. The average molecular weight is 432 g/mol. The van der Waals surface area contributed by atoms with Gasteiger partial charge in [-0.15, -0.1) is 24.0 Å². The first-order chi connectivity index (χ1) is 10.5. The van der Waals surface area contributed by atoms with E-state index >= 15 is 0 Å². The van der Waals surface area contributed by atoms with Gasteiger partial charge in [0.15, 0.2) is 5.96 Å². The quantitative estimate of drug-likeness (QED) is 0.236. The Morgan fingerprint density at radius 1 is 1.26 bits per heavy atom. The number of halogens is 1. The molecular formula is C16H25IN4O2. The summed E-state index contributed by atoms with van der Waals surface area (Å²) < 4.78 is 0. The van der Waals surface area contributed by atoms with Crippen molar-refractivity contribution in [3.8, 4) is 0 Å². The van der Waals surface area contributed by atoms with Crippen LogP contribution in [0, 0.1) is 23.7 Å². The van der Waals surface area contributed by atoms with E-state index in [4.69, 9.17) is 0 Å². The van der Waals surface area contributed by atoms with E-state index in [0.717, 1.165) is 18.9 Å². The monoisotopic (exact) mass is 432 g/mol. The first kappa shape index (κ1) is 18.2. The van der Waals surface area contributed by atoms with Crippen molar-refractivity contribution in [3.63, 3.8) is 0 Å². The second-order valence-electron chi connectivity index (χ2n) is 6.46. The van der Waals surface area contributed by atoms with Gasteiger partial charge in [0.25, 0.3) is 0 Å². The van der Waals surface area contributed by atoms with Gasteiger partial charge in [0.2, 0.25) is 11.8 Å². The first-order valence-electron chi connectivity index (χ1n) is 8.03. The van der Waals surface area contributed by atoms with Gasteiger partial charge < -0.3 is 10.2 Å². The molecule has 7 heteroatoms. The summed E-state index contributed by atoms with van der Waals surface area (Å²) in [5, 5.41) is 3.17. The number of guanidine groups is 1. The van der Waals surface area contributed by atoms with Crippen molar-refractivity contribution in [1.82, 2.24) is 15.1 Å². The SMILES string of the molecule is CCNC(=NCCN1C(=O)C2C3C=CC(C3)C2C1=O)N(C)C.I. The van der Waals surface area contributed by atoms with Crippen LogP contribution in [0.4, 0.5) is 0 Å². The molecule has 1 saturated carbocycles. The fourth-order valence-corrected chi connectivity index (χ4v) is 3.95. The predicted molar refractivity (Wildman–Crippen MR) is 99.5 cm³/mol. The number of hydrogen-bond donors (Lipinski definition) is 1. The molecule has 0 spiro atoms. The number of amides is 2. The third-order valence-corrected chi connectivity index (χ3v) is 4.91. The van der Waals surface area contributed by atoms with Crippen LogP contribution in [0.5, 0.6) is 0 Å². The number of aliphatic imine (C=N–C) groups is 1. The second kappa shape index (κ2) is 7.19. The highest BCUT2D eigenvalue weighted by Crippen LogP contribution is 2.52. The van der Waals surface area contributed by atoms with E-state index in [2.05, 4.69) is 22.5 Å². The van der Waals surface area contributed by atoms with Gasteiger partial charge in [-0.2, -0.15) is 0 Å². The van der Waals surface area contributed by atoms with Crippen molar-refractivity contribution in [1.29, 1.82) is 0 Å². The summed E-state index contributed by atoms with van der Waals surface area (Å²) in [7, 11) is 3.84. The van der Waals surface area contributed by atoms with E-state index in [1.807, 2.05) is 25.9 Å². The largest absolute Gasteiger partial charge is 0.357 e. The number of allylic oxidation sites excluding steroid dienone is 2.